The Bertz CT molecular complexity index is 448. The van der Waals surface area contributed by atoms with Crippen molar-refractivity contribution < 1.29 is 4.39 Å². The Hall–Kier alpha value is -0.960. The highest BCUT2D eigenvalue weighted by Gasteiger charge is 2.35. The highest BCUT2D eigenvalue weighted by Crippen LogP contribution is 2.46. The average molecular weight is 276 g/mol. The lowest BCUT2D eigenvalue weighted by molar-refractivity contribution is 0.111. The van der Waals surface area contributed by atoms with Gasteiger partial charge in [-0.2, -0.15) is 0 Å². The molecule has 2 aliphatic rings. The lowest BCUT2D eigenvalue weighted by Crippen LogP contribution is -2.34. The van der Waals surface area contributed by atoms with Crippen molar-refractivity contribution >= 4 is 0 Å². The number of rotatable bonds is 3. The lowest BCUT2D eigenvalue weighted by Gasteiger charge is -2.42. The summed E-state index contributed by atoms with van der Waals surface area (Å²) in [5.41, 5.74) is 1.01. The van der Waals surface area contributed by atoms with Gasteiger partial charge in [0.1, 0.15) is 5.82 Å². The van der Waals surface area contributed by atoms with Crippen LogP contribution in [0.2, 0.25) is 0 Å². The molecule has 2 aliphatic carbocycles. The zero-order chi connectivity index (χ0) is 13.9. The molecular weight excluding hydrogens is 251 g/mol. The lowest BCUT2D eigenvalue weighted by atomic mass is 9.65. The molecule has 1 aromatic heterocycles. The Balaban J connectivity index is 1.73. The van der Waals surface area contributed by atoms with Crippen molar-refractivity contribution in [2.45, 2.75) is 51.0 Å². The summed E-state index contributed by atoms with van der Waals surface area (Å²) in [7, 11) is 1.99. The van der Waals surface area contributed by atoms with Crippen LogP contribution in [0.1, 0.15) is 56.6 Å². The van der Waals surface area contributed by atoms with Crippen LogP contribution in [0.25, 0.3) is 0 Å². The maximum absolute atomic E-state index is 13.4. The van der Waals surface area contributed by atoms with Crippen LogP contribution in [-0.2, 0) is 0 Å². The molecule has 2 fully saturated rings. The molecule has 1 N–H and O–H groups in total. The predicted octanol–water partition coefficient (Wildman–Crippen LogP) is 4.09. The van der Waals surface area contributed by atoms with Gasteiger partial charge in [0.05, 0.1) is 6.20 Å². The van der Waals surface area contributed by atoms with Gasteiger partial charge in [-0.1, -0.05) is 25.7 Å². The number of aromatic nitrogens is 1. The van der Waals surface area contributed by atoms with Crippen LogP contribution >= 0.6 is 0 Å². The highest BCUT2D eigenvalue weighted by molar-refractivity contribution is 5.16. The smallest absolute Gasteiger partial charge is 0.141 e. The summed E-state index contributed by atoms with van der Waals surface area (Å²) in [5.74, 6) is 2.26. The van der Waals surface area contributed by atoms with Crippen LogP contribution < -0.4 is 5.32 Å². The summed E-state index contributed by atoms with van der Waals surface area (Å²) in [6.07, 6.45) is 12.7. The van der Waals surface area contributed by atoms with E-state index in [1.165, 1.54) is 51.1 Å². The van der Waals surface area contributed by atoms with Crippen molar-refractivity contribution in [3.63, 3.8) is 0 Å². The van der Waals surface area contributed by atoms with Crippen LogP contribution in [-0.4, -0.2) is 12.0 Å². The van der Waals surface area contributed by atoms with Crippen molar-refractivity contribution in [1.82, 2.24) is 10.3 Å². The van der Waals surface area contributed by atoms with Gasteiger partial charge in [0.25, 0.3) is 0 Å². The average Bonchev–Trinajstić information content (AvgIpc) is 2.48. The van der Waals surface area contributed by atoms with E-state index in [9.17, 15) is 4.39 Å². The minimum atomic E-state index is -0.228. The van der Waals surface area contributed by atoms with Gasteiger partial charge in [-0.3, -0.25) is 4.98 Å². The van der Waals surface area contributed by atoms with E-state index in [-0.39, 0.29) is 11.9 Å². The summed E-state index contributed by atoms with van der Waals surface area (Å²) in [5, 5.41) is 3.40. The minimum absolute atomic E-state index is 0.228. The van der Waals surface area contributed by atoms with Crippen molar-refractivity contribution in [1.29, 1.82) is 0 Å². The van der Waals surface area contributed by atoms with Gasteiger partial charge in [0.2, 0.25) is 0 Å². The summed E-state index contributed by atoms with van der Waals surface area (Å²) in [6, 6.07) is 1.89. The van der Waals surface area contributed by atoms with Crippen LogP contribution in [0, 0.1) is 23.6 Å². The monoisotopic (exact) mass is 276 g/mol. The Morgan fingerprint density at radius 2 is 1.95 bits per heavy atom. The molecule has 1 heterocycles. The van der Waals surface area contributed by atoms with E-state index in [4.69, 9.17) is 0 Å². The predicted molar refractivity (Wildman–Crippen MR) is 78.8 cm³/mol. The molecule has 2 nitrogen and oxygen atoms in total. The molecule has 1 aromatic rings. The van der Waals surface area contributed by atoms with Gasteiger partial charge in [-0.25, -0.2) is 4.39 Å². The number of hydrogen-bond donors (Lipinski definition) is 1. The van der Waals surface area contributed by atoms with Crippen LogP contribution in [0.4, 0.5) is 4.39 Å². The zero-order valence-electron chi connectivity index (χ0n) is 12.3. The molecule has 2 saturated carbocycles. The Kier molecular flexibility index (Phi) is 4.35. The molecule has 0 amide bonds. The molecule has 0 aliphatic heterocycles. The van der Waals surface area contributed by atoms with E-state index in [0.717, 1.165) is 17.4 Å². The summed E-state index contributed by atoms with van der Waals surface area (Å²) >= 11 is 0. The standard InChI is InChI=1S/C17H25FN2/c1-19-17(15-9-16(18)11-20-10-15)14-7-6-12-4-2-3-5-13(12)8-14/h9-14,17,19H,2-8H2,1H3. The summed E-state index contributed by atoms with van der Waals surface area (Å²) in [4.78, 5) is 4.01. The maximum Gasteiger partial charge on any atom is 0.141 e. The molecule has 0 spiro atoms. The van der Waals surface area contributed by atoms with E-state index in [1.54, 1.807) is 6.07 Å². The topological polar surface area (TPSA) is 24.9 Å². The minimum Gasteiger partial charge on any atom is -0.313 e. The maximum atomic E-state index is 13.4. The third-order valence-corrected chi connectivity index (χ3v) is 5.45. The number of hydrogen-bond acceptors (Lipinski definition) is 2. The number of fused-ring (bicyclic) bond motifs is 1. The Morgan fingerprint density at radius 3 is 2.70 bits per heavy atom. The van der Waals surface area contributed by atoms with Crippen molar-refractivity contribution in [3.8, 4) is 0 Å². The fourth-order valence-corrected chi connectivity index (χ4v) is 4.49. The molecule has 4 unspecified atom stereocenters. The highest BCUT2D eigenvalue weighted by atomic mass is 19.1. The largest absolute Gasteiger partial charge is 0.313 e. The number of halogens is 1. The van der Waals surface area contributed by atoms with E-state index in [0.29, 0.717) is 5.92 Å². The summed E-state index contributed by atoms with van der Waals surface area (Å²) < 4.78 is 13.4. The van der Waals surface area contributed by atoms with Crippen LogP contribution in [0.15, 0.2) is 18.5 Å². The second kappa shape index (κ2) is 6.21. The molecule has 4 atom stereocenters. The number of nitrogens with zero attached hydrogens (tertiary/aromatic N) is 1. The van der Waals surface area contributed by atoms with Gasteiger partial charge in [-0.05, 0) is 55.7 Å². The fraction of sp³-hybridized carbons (Fsp3) is 0.706. The molecule has 110 valence electrons. The third-order valence-electron chi connectivity index (χ3n) is 5.45. The molecule has 20 heavy (non-hydrogen) atoms. The fourth-order valence-electron chi connectivity index (χ4n) is 4.49. The first kappa shape index (κ1) is 14.0. The normalized spacial score (nSPS) is 31.6. The summed E-state index contributed by atoms with van der Waals surface area (Å²) in [6.45, 7) is 0. The molecule has 0 aromatic carbocycles. The van der Waals surface area contributed by atoms with Crippen molar-refractivity contribution in [2.24, 2.45) is 17.8 Å². The van der Waals surface area contributed by atoms with Gasteiger partial charge in [0, 0.05) is 12.2 Å². The molecule has 0 radical (unpaired) electrons. The van der Waals surface area contributed by atoms with Crippen LogP contribution in [0.3, 0.4) is 0 Å². The first-order chi connectivity index (χ1) is 9.78. The number of nitrogens with one attached hydrogen (secondary N) is 1. The Labute approximate surface area is 121 Å². The SMILES string of the molecule is CNC(c1cncc(F)c1)C1CCC2CCCCC2C1. The van der Waals surface area contributed by atoms with Gasteiger partial charge < -0.3 is 5.32 Å². The van der Waals surface area contributed by atoms with Gasteiger partial charge >= 0.3 is 0 Å². The molecule has 0 saturated heterocycles. The van der Waals surface area contributed by atoms with E-state index < -0.39 is 0 Å². The zero-order valence-corrected chi connectivity index (χ0v) is 12.3. The van der Waals surface area contributed by atoms with E-state index in [2.05, 4.69) is 10.3 Å². The third kappa shape index (κ3) is 2.88. The van der Waals surface area contributed by atoms with E-state index in [1.807, 2.05) is 13.2 Å². The molecule has 3 heteroatoms. The first-order valence-electron chi connectivity index (χ1n) is 8.05. The van der Waals surface area contributed by atoms with Crippen LogP contribution in [0.5, 0.6) is 0 Å². The Morgan fingerprint density at radius 1 is 1.15 bits per heavy atom. The quantitative estimate of drug-likeness (QED) is 0.899. The van der Waals surface area contributed by atoms with Crippen molar-refractivity contribution in [2.75, 3.05) is 7.05 Å². The molecule has 3 rings (SSSR count). The number of pyridine rings is 1. The molecular formula is C17H25FN2. The van der Waals surface area contributed by atoms with E-state index >= 15 is 0 Å². The second-order valence-electron chi connectivity index (χ2n) is 6.58. The first-order valence-corrected chi connectivity index (χ1v) is 8.05. The second-order valence-corrected chi connectivity index (χ2v) is 6.58. The van der Waals surface area contributed by atoms with Gasteiger partial charge in [-0.15, -0.1) is 0 Å². The van der Waals surface area contributed by atoms with Crippen molar-refractivity contribution in [3.05, 3.63) is 29.8 Å². The van der Waals surface area contributed by atoms with Gasteiger partial charge in [0.15, 0.2) is 0 Å². The molecule has 0 bridgehead atoms.